The van der Waals surface area contributed by atoms with Crippen LogP contribution in [0.1, 0.15) is 24.6 Å². The third kappa shape index (κ3) is 3.13. The van der Waals surface area contributed by atoms with Crippen LogP contribution >= 0.6 is 11.5 Å². The lowest BCUT2D eigenvalue weighted by Gasteiger charge is -2.15. The molecule has 1 fully saturated rings. The zero-order chi connectivity index (χ0) is 12.4. The summed E-state index contributed by atoms with van der Waals surface area (Å²) in [4.78, 5) is 26.7. The zero-order valence-electron chi connectivity index (χ0n) is 8.87. The number of hydrogen-bond donors (Lipinski definition) is 2. The van der Waals surface area contributed by atoms with Crippen molar-refractivity contribution in [1.29, 1.82) is 0 Å². The molecule has 0 atom stereocenters. The van der Waals surface area contributed by atoms with Crippen LogP contribution in [0.4, 0.5) is 5.13 Å². The lowest BCUT2D eigenvalue weighted by Crippen LogP contribution is -2.34. The van der Waals surface area contributed by atoms with E-state index in [0.29, 0.717) is 16.9 Å². The molecule has 0 bridgehead atoms. The van der Waals surface area contributed by atoms with Gasteiger partial charge in [0.15, 0.2) is 0 Å². The molecule has 1 heterocycles. The summed E-state index contributed by atoms with van der Waals surface area (Å²) in [5.41, 5.74) is 0. The average molecular weight is 257 g/mol. The molecular formula is C9H11N3O4S. The van der Waals surface area contributed by atoms with E-state index in [1.165, 1.54) is 4.90 Å². The summed E-state index contributed by atoms with van der Waals surface area (Å²) >= 11 is 1.05. The quantitative estimate of drug-likeness (QED) is 0.759. The Balaban J connectivity index is 2.11. The van der Waals surface area contributed by atoms with Crippen LogP contribution in [0.3, 0.4) is 0 Å². The van der Waals surface area contributed by atoms with Gasteiger partial charge >= 0.3 is 11.9 Å². The van der Waals surface area contributed by atoms with E-state index >= 15 is 0 Å². The van der Waals surface area contributed by atoms with Gasteiger partial charge in [-0.25, -0.2) is 4.98 Å². The highest BCUT2D eigenvalue weighted by Crippen LogP contribution is 2.39. The number of nitrogens with zero attached hydrogens (tertiary/aromatic N) is 3. The molecule has 1 aromatic heterocycles. The number of anilines is 1. The van der Waals surface area contributed by atoms with Gasteiger partial charge in [0.2, 0.25) is 5.13 Å². The Bertz CT molecular complexity index is 427. The predicted octanol–water partition coefficient (Wildman–Crippen LogP) is 0.391. The van der Waals surface area contributed by atoms with E-state index < -0.39 is 11.9 Å². The van der Waals surface area contributed by atoms with E-state index in [-0.39, 0.29) is 13.1 Å². The first-order valence-corrected chi connectivity index (χ1v) is 5.85. The summed E-state index contributed by atoms with van der Waals surface area (Å²) in [5.74, 6) is -1.11. The SMILES string of the molecule is O=C(O)CN(CC(=O)O)c1nc(C2CC2)ns1. The highest BCUT2D eigenvalue weighted by molar-refractivity contribution is 7.09. The van der Waals surface area contributed by atoms with Crippen LogP contribution < -0.4 is 4.90 Å². The molecular weight excluding hydrogens is 246 g/mol. The van der Waals surface area contributed by atoms with Gasteiger partial charge < -0.3 is 15.1 Å². The van der Waals surface area contributed by atoms with Gasteiger partial charge in [0.25, 0.3) is 0 Å². The topological polar surface area (TPSA) is 104 Å². The minimum atomic E-state index is -1.09. The molecule has 0 aliphatic heterocycles. The van der Waals surface area contributed by atoms with Crippen molar-refractivity contribution in [3.63, 3.8) is 0 Å². The van der Waals surface area contributed by atoms with Crippen molar-refractivity contribution in [2.75, 3.05) is 18.0 Å². The fourth-order valence-corrected chi connectivity index (χ4v) is 2.12. The lowest BCUT2D eigenvalue weighted by molar-refractivity contribution is -0.136. The lowest BCUT2D eigenvalue weighted by atomic mass is 10.4. The van der Waals surface area contributed by atoms with E-state index in [1.807, 2.05) is 0 Å². The molecule has 7 nitrogen and oxygen atoms in total. The maximum atomic E-state index is 10.6. The predicted molar refractivity (Wildman–Crippen MR) is 59.4 cm³/mol. The number of carboxylic acid groups (broad SMARTS) is 2. The van der Waals surface area contributed by atoms with Gasteiger partial charge in [0.05, 0.1) is 0 Å². The standard InChI is InChI=1S/C9H11N3O4S/c13-6(14)3-12(4-7(15)16)9-10-8(11-17-9)5-1-2-5/h5H,1-4H2,(H,13,14)(H,15,16). The van der Waals surface area contributed by atoms with E-state index in [9.17, 15) is 9.59 Å². The maximum Gasteiger partial charge on any atom is 0.323 e. The van der Waals surface area contributed by atoms with Crippen LogP contribution in [0.5, 0.6) is 0 Å². The Labute approximate surface area is 101 Å². The van der Waals surface area contributed by atoms with E-state index in [1.54, 1.807) is 0 Å². The summed E-state index contributed by atoms with van der Waals surface area (Å²) in [6.07, 6.45) is 2.10. The van der Waals surface area contributed by atoms with Crippen LogP contribution in [-0.2, 0) is 9.59 Å². The van der Waals surface area contributed by atoms with Crippen molar-refractivity contribution < 1.29 is 19.8 Å². The Morgan fingerprint density at radius 3 is 2.35 bits per heavy atom. The first-order valence-electron chi connectivity index (χ1n) is 5.08. The summed E-state index contributed by atoms with van der Waals surface area (Å²) in [5, 5.41) is 17.8. The number of aromatic nitrogens is 2. The summed E-state index contributed by atoms with van der Waals surface area (Å²) in [6, 6.07) is 0. The Morgan fingerprint density at radius 2 is 1.88 bits per heavy atom. The average Bonchev–Trinajstić information content (AvgIpc) is 2.94. The minimum Gasteiger partial charge on any atom is -0.480 e. The van der Waals surface area contributed by atoms with Crippen LogP contribution in [0.15, 0.2) is 0 Å². The number of rotatable bonds is 6. The molecule has 92 valence electrons. The molecule has 1 aliphatic carbocycles. The Morgan fingerprint density at radius 1 is 1.29 bits per heavy atom. The van der Waals surface area contributed by atoms with Crippen molar-refractivity contribution in [3.8, 4) is 0 Å². The molecule has 8 heteroatoms. The maximum absolute atomic E-state index is 10.6. The molecule has 0 radical (unpaired) electrons. The summed E-state index contributed by atoms with van der Waals surface area (Å²) in [6.45, 7) is -0.767. The summed E-state index contributed by atoms with van der Waals surface area (Å²) in [7, 11) is 0. The third-order valence-electron chi connectivity index (χ3n) is 2.30. The number of aliphatic carboxylic acids is 2. The molecule has 17 heavy (non-hydrogen) atoms. The molecule has 0 aromatic carbocycles. The molecule has 0 amide bonds. The number of hydrogen-bond acceptors (Lipinski definition) is 6. The van der Waals surface area contributed by atoms with Crippen molar-refractivity contribution in [2.24, 2.45) is 0 Å². The Kier molecular flexibility index (Phi) is 3.23. The first-order chi connectivity index (χ1) is 8.06. The first kappa shape index (κ1) is 11.8. The highest BCUT2D eigenvalue weighted by atomic mass is 32.1. The van der Waals surface area contributed by atoms with E-state index in [4.69, 9.17) is 10.2 Å². The highest BCUT2D eigenvalue weighted by Gasteiger charge is 2.29. The molecule has 2 rings (SSSR count). The van der Waals surface area contributed by atoms with Crippen LogP contribution in [0, 0.1) is 0 Å². The van der Waals surface area contributed by atoms with Crippen LogP contribution in [0.25, 0.3) is 0 Å². The fraction of sp³-hybridized carbons (Fsp3) is 0.556. The van der Waals surface area contributed by atoms with Gasteiger partial charge in [-0.1, -0.05) is 0 Å². The molecule has 0 unspecified atom stereocenters. The molecule has 1 saturated carbocycles. The van der Waals surface area contributed by atoms with Gasteiger partial charge in [-0.05, 0) is 12.8 Å². The van der Waals surface area contributed by atoms with Gasteiger partial charge in [-0.2, -0.15) is 4.37 Å². The molecule has 1 aromatic rings. The van der Waals surface area contributed by atoms with Crippen molar-refractivity contribution >= 4 is 28.6 Å². The largest absolute Gasteiger partial charge is 0.480 e. The Hall–Kier alpha value is -1.70. The van der Waals surface area contributed by atoms with Gasteiger partial charge in [-0.15, -0.1) is 0 Å². The number of carboxylic acids is 2. The second kappa shape index (κ2) is 4.66. The number of carbonyl (C=O) groups is 2. The van der Waals surface area contributed by atoms with Crippen molar-refractivity contribution in [2.45, 2.75) is 18.8 Å². The van der Waals surface area contributed by atoms with Gasteiger partial charge in [0.1, 0.15) is 18.9 Å². The molecule has 2 N–H and O–H groups in total. The van der Waals surface area contributed by atoms with Gasteiger partial charge in [0, 0.05) is 17.5 Å². The smallest absolute Gasteiger partial charge is 0.323 e. The van der Waals surface area contributed by atoms with Crippen molar-refractivity contribution in [1.82, 2.24) is 9.36 Å². The van der Waals surface area contributed by atoms with E-state index in [2.05, 4.69) is 9.36 Å². The molecule has 0 spiro atoms. The minimum absolute atomic E-state index is 0.358. The third-order valence-corrected chi connectivity index (χ3v) is 3.09. The normalized spacial score (nSPS) is 14.6. The van der Waals surface area contributed by atoms with Gasteiger partial charge in [-0.3, -0.25) is 9.59 Å². The monoisotopic (exact) mass is 257 g/mol. The van der Waals surface area contributed by atoms with Crippen LogP contribution in [0.2, 0.25) is 0 Å². The zero-order valence-corrected chi connectivity index (χ0v) is 9.68. The molecule has 0 saturated heterocycles. The fourth-order valence-electron chi connectivity index (χ4n) is 1.38. The van der Waals surface area contributed by atoms with E-state index in [0.717, 1.165) is 24.4 Å². The molecule has 1 aliphatic rings. The second-order valence-corrected chi connectivity index (χ2v) is 4.58. The van der Waals surface area contributed by atoms with Crippen molar-refractivity contribution in [3.05, 3.63) is 5.82 Å². The van der Waals surface area contributed by atoms with Crippen LogP contribution in [-0.4, -0.2) is 44.6 Å². The summed E-state index contributed by atoms with van der Waals surface area (Å²) < 4.78 is 4.12. The second-order valence-electron chi connectivity index (χ2n) is 3.85.